The molecule has 202 valence electrons. The fraction of sp³-hybridized carbons (Fsp3) is 0.357. The standard InChI is InChI=1S/C28H34N8OSSi/c1-19(2)27-32-33-28(38-27)36(18-37-12-13-39(4,5)6)25-10-9-23-24(31-25)14-21(16-30-23)22-17-35(3)34-26(22)20-8-7-11-29-15-20/h7-11,14-17,19H,12-13,18H2,1-6H3. The fourth-order valence-corrected chi connectivity index (χ4v) is 5.63. The van der Waals surface area contributed by atoms with Crippen molar-refractivity contribution >= 4 is 41.4 Å². The van der Waals surface area contributed by atoms with Crippen LogP contribution in [0.2, 0.25) is 25.7 Å². The summed E-state index contributed by atoms with van der Waals surface area (Å²) in [5, 5.41) is 15.3. The van der Waals surface area contributed by atoms with Crippen molar-refractivity contribution < 1.29 is 4.74 Å². The smallest absolute Gasteiger partial charge is 0.215 e. The Balaban J connectivity index is 1.50. The van der Waals surface area contributed by atoms with E-state index in [1.807, 2.05) is 59.5 Å². The van der Waals surface area contributed by atoms with Crippen molar-refractivity contribution in [2.75, 3.05) is 18.2 Å². The van der Waals surface area contributed by atoms with Crippen molar-refractivity contribution in [2.24, 2.45) is 7.05 Å². The largest absolute Gasteiger partial charge is 0.361 e. The summed E-state index contributed by atoms with van der Waals surface area (Å²) >= 11 is 1.58. The minimum Gasteiger partial charge on any atom is -0.361 e. The summed E-state index contributed by atoms with van der Waals surface area (Å²) in [6, 6.07) is 11.0. The first-order valence-corrected chi connectivity index (χ1v) is 17.6. The van der Waals surface area contributed by atoms with Gasteiger partial charge in [-0.15, -0.1) is 10.2 Å². The maximum absolute atomic E-state index is 6.15. The van der Waals surface area contributed by atoms with Crippen LogP contribution in [-0.4, -0.2) is 56.3 Å². The lowest BCUT2D eigenvalue weighted by atomic mass is 10.0. The van der Waals surface area contributed by atoms with Gasteiger partial charge >= 0.3 is 0 Å². The molecule has 0 bridgehead atoms. The van der Waals surface area contributed by atoms with Gasteiger partial charge in [0, 0.05) is 69.1 Å². The quantitative estimate of drug-likeness (QED) is 0.109. The highest BCUT2D eigenvalue weighted by atomic mass is 32.1. The summed E-state index contributed by atoms with van der Waals surface area (Å²) < 4.78 is 7.96. The average molecular weight is 559 g/mol. The summed E-state index contributed by atoms with van der Waals surface area (Å²) in [7, 11) is 0.714. The van der Waals surface area contributed by atoms with E-state index in [9.17, 15) is 0 Å². The fourth-order valence-electron chi connectivity index (χ4n) is 4.03. The molecule has 0 radical (unpaired) electrons. The van der Waals surface area contributed by atoms with Gasteiger partial charge in [0.15, 0.2) is 0 Å². The van der Waals surface area contributed by atoms with Crippen LogP contribution in [0, 0.1) is 0 Å². The predicted octanol–water partition coefficient (Wildman–Crippen LogP) is 6.52. The number of fused-ring (bicyclic) bond motifs is 1. The molecule has 5 heterocycles. The van der Waals surface area contributed by atoms with Crippen LogP contribution in [0.4, 0.5) is 10.9 Å². The number of hydrogen-bond donors (Lipinski definition) is 0. The third-order valence-corrected chi connectivity index (χ3v) is 9.20. The third kappa shape index (κ3) is 6.38. The number of aryl methyl sites for hydroxylation is 1. The Morgan fingerprint density at radius 3 is 2.62 bits per heavy atom. The summed E-state index contributed by atoms with van der Waals surface area (Å²) in [5.74, 6) is 1.05. The number of ether oxygens (including phenoxy) is 1. The van der Waals surface area contributed by atoms with E-state index >= 15 is 0 Å². The molecule has 0 saturated carbocycles. The highest BCUT2D eigenvalue weighted by molar-refractivity contribution is 7.15. The summed E-state index contributed by atoms with van der Waals surface area (Å²) in [6.07, 6.45) is 7.46. The first-order chi connectivity index (χ1) is 18.7. The number of anilines is 2. The third-order valence-electron chi connectivity index (χ3n) is 6.25. The zero-order chi connectivity index (χ0) is 27.6. The molecule has 0 aliphatic heterocycles. The monoisotopic (exact) mass is 558 g/mol. The molecule has 0 fully saturated rings. The van der Waals surface area contributed by atoms with Gasteiger partial charge in [0.1, 0.15) is 23.3 Å². The van der Waals surface area contributed by atoms with Gasteiger partial charge in [-0.25, -0.2) is 4.98 Å². The number of rotatable bonds is 10. The lowest BCUT2D eigenvalue weighted by molar-refractivity contribution is 0.153. The highest BCUT2D eigenvalue weighted by Gasteiger charge is 2.20. The zero-order valence-electron chi connectivity index (χ0n) is 23.3. The van der Waals surface area contributed by atoms with Gasteiger partial charge in [-0.3, -0.25) is 19.5 Å². The molecule has 0 aliphatic rings. The molecule has 39 heavy (non-hydrogen) atoms. The maximum Gasteiger partial charge on any atom is 0.215 e. The molecular formula is C28H34N8OSSi. The van der Waals surface area contributed by atoms with Gasteiger partial charge in [0.25, 0.3) is 0 Å². The molecule has 0 amide bonds. The van der Waals surface area contributed by atoms with Crippen molar-refractivity contribution in [3.05, 3.63) is 60.1 Å². The lowest BCUT2D eigenvalue weighted by Crippen LogP contribution is -2.26. The second-order valence-electron chi connectivity index (χ2n) is 11.1. The van der Waals surface area contributed by atoms with Gasteiger partial charge in [-0.2, -0.15) is 5.10 Å². The van der Waals surface area contributed by atoms with Crippen molar-refractivity contribution in [2.45, 2.75) is 45.5 Å². The molecule has 0 aromatic carbocycles. The van der Waals surface area contributed by atoms with E-state index in [0.29, 0.717) is 19.3 Å². The minimum atomic E-state index is -1.20. The summed E-state index contributed by atoms with van der Waals surface area (Å²) in [4.78, 5) is 16.0. The molecule has 5 aromatic rings. The van der Waals surface area contributed by atoms with Crippen LogP contribution in [0.3, 0.4) is 0 Å². The predicted molar refractivity (Wildman–Crippen MR) is 160 cm³/mol. The first-order valence-electron chi connectivity index (χ1n) is 13.1. The Morgan fingerprint density at radius 1 is 1.05 bits per heavy atom. The van der Waals surface area contributed by atoms with E-state index in [-0.39, 0.29) is 0 Å². The average Bonchev–Trinajstić information content (AvgIpc) is 3.55. The number of hydrogen-bond acceptors (Lipinski definition) is 9. The molecule has 11 heteroatoms. The summed E-state index contributed by atoms with van der Waals surface area (Å²) in [6.45, 7) is 12.4. The van der Waals surface area contributed by atoms with Crippen LogP contribution in [0.5, 0.6) is 0 Å². The highest BCUT2D eigenvalue weighted by Crippen LogP contribution is 2.34. The second kappa shape index (κ2) is 11.3. The van der Waals surface area contributed by atoms with Crippen molar-refractivity contribution in [1.82, 2.24) is 34.9 Å². The Kier molecular flexibility index (Phi) is 7.83. The first kappa shape index (κ1) is 27.0. The number of nitrogens with zero attached hydrogens (tertiary/aromatic N) is 8. The molecule has 0 atom stereocenters. The van der Waals surface area contributed by atoms with E-state index in [1.165, 1.54) is 0 Å². The molecule has 5 aromatic heterocycles. The van der Waals surface area contributed by atoms with Crippen LogP contribution < -0.4 is 4.90 Å². The molecule has 0 aliphatic carbocycles. The van der Waals surface area contributed by atoms with E-state index in [0.717, 1.165) is 55.4 Å². The molecule has 0 unspecified atom stereocenters. The van der Waals surface area contributed by atoms with Crippen LogP contribution in [0.1, 0.15) is 24.8 Å². The van der Waals surface area contributed by atoms with Gasteiger partial charge < -0.3 is 4.74 Å². The molecule has 0 saturated heterocycles. The summed E-state index contributed by atoms with van der Waals surface area (Å²) in [5.41, 5.74) is 5.32. The van der Waals surface area contributed by atoms with Crippen molar-refractivity contribution in [3.63, 3.8) is 0 Å². The number of aromatic nitrogens is 7. The van der Waals surface area contributed by atoms with Crippen LogP contribution in [0.25, 0.3) is 33.4 Å². The topological polar surface area (TPSA) is 94.7 Å². The van der Waals surface area contributed by atoms with E-state index < -0.39 is 8.07 Å². The van der Waals surface area contributed by atoms with Crippen LogP contribution in [0.15, 0.2) is 55.1 Å². The SMILES string of the molecule is CC(C)c1nnc(N(COCC[Si](C)(C)C)c2ccc3ncc(-c4cn(C)nc4-c4cccnc4)cc3n2)s1. The van der Waals surface area contributed by atoms with Crippen molar-refractivity contribution in [1.29, 1.82) is 0 Å². The Bertz CT molecular complexity index is 1560. The van der Waals surface area contributed by atoms with Gasteiger partial charge in [-0.05, 0) is 36.4 Å². The van der Waals surface area contributed by atoms with Crippen LogP contribution >= 0.6 is 11.3 Å². The zero-order valence-corrected chi connectivity index (χ0v) is 25.1. The Hall–Kier alpha value is -3.54. The molecule has 9 nitrogen and oxygen atoms in total. The van der Waals surface area contributed by atoms with Gasteiger partial charge in [-0.1, -0.05) is 44.8 Å². The number of pyridine rings is 3. The normalized spacial score (nSPS) is 12.0. The van der Waals surface area contributed by atoms with E-state index in [2.05, 4.69) is 54.7 Å². The second-order valence-corrected chi connectivity index (χ2v) is 17.7. The van der Waals surface area contributed by atoms with E-state index in [4.69, 9.17) is 19.8 Å². The molecule has 0 spiro atoms. The Morgan fingerprint density at radius 2 is 1.90 bits per heavy atom. The molecule has 0 N–H and O–H groups in total. The lowest BCUT2D eigenvalue weighted by Gasteiger charge is -2.22. The Labute approximate surface area is 234 Å². The van der Waals surface area contributed by atoms with Gasteiger partial charge in [0.2, 0.25) is 5.13 Å². The van der Waals surface area contributed by atoms with Crippen LogP contribution in [-0.2, 0) is 11.8 Å². The molecule has 5 rings (SSSR count). The molecular weight excluding hydrogens is 525 g/mol. The van der Waals surface area contributed by atoms with Gasteiger partial charge in [0.05, 0.1) is 11.0 Å². The maximum atomic E-state index is 6.15. The minimum absolute atomic E-state index is 0.302. The van der Waals surface area contributed by atoms with Crippen molar-refractivity contribution in [3.8, 4) is 22.4 Å². The van der Waals surface area contributed by atoms with E-state index in [1.54, 1.807) is 17.5 Å².